The molecule has 0 saturated carbocycles. The molecular weight excluding hydrogens is 535 g/mol. The zero-order valence-electron chi connectivity index (χ0n) is 21.4. The minimum Gasteiger partial charge on any atom is -0.457 e. The fourth-order valence-electron chi connectivity index (χ4n) is 4.37. The second-order valence-corrected chi connectivity index (χ2v) is 9.96. The van der Waals surface area contributed by atoms with Crippen LogP contribution in [0, 0.1) is 11.5 Å². The Labute approximate surface area is 238 Å². The summed E-state index contributed by atoms with van der Waals surface area (Å²) < 4.78 is 5.81. The van der Waals surface area contributed by atoms with Gasteiger partial charge in [-0.25, -0.2) is 9.89 Å². The van der Waals surface area contributed by atoms with E-state index in [-0.39, 0.29) is 18.3 Å². The van der Waals surface area contributed by atoms with Crippen LogP contribution in [0.3, 0.4) is 0 Å². The van der Waals surface area contributed by atoms with Crippen LogP contribution in [0.2, 0.25) is 10.0 Å². The smallest absolute Gasteiger partial charge is 0.222 e. The van der Waals surface area contributed by atoms with E-state index < -0.39 is 6.04 Å². The third kappa shape index (κ3) is 8.11. The van der Waals surface area contributed by atoms with Crippen molar-refractivity contribution in [2.24, 2.45) is 10.7 Å². The van der Waals surface area contributed by atoms with Gasteiger partial charge in [0.05, 0.1) is 28.2 Å². The monoisotopic (exact) mass is 564 g/mol. The summed E-state index contributed by atoms with van der Waals surface area (Å²) in [5.41, 5.74) is 7.62. The van der Waals surface area contributed by atoms with Crippen LogP contribution in [0.5, 0.6) is 11.5 Å². The lowest BCUT2D eigenvalue weighted by Gasteiger charge is -2.26. The summed E-state index contributed by atoms with van der Waals surface area (Å²) in [6, 6.07) is 20.6. The molecule has 0 bridgehead atoms. The third-order valence-electron chi connectivity index (χ3n) is 6.39. The summed E-state index contributed by atoms with van der Waals surface area (Å²) in [6.45, 7) is 3.52. The molecule has 4 rings (SSSR count). The van der Waals surface area contributed by atoms with E-state index in [1.165, 1.54) is 17.7 Å². The van der Waals surface area contributed by atoms with E-state index in [9.17, 15) is 10.1 Å². The number of ether oxygens (including phenoxy) is 1. The summed E-state index contributed by atoms with van der Waals surface area (Å²) in [5.74, 6) is 0.935. The normalized spacial score (nSPS) is 14.4. The molecule has 1 aliphatic rings. The molecule has 0 radical (unpaired) electrons. The van der Waals surface area contributed by atoms with Gasteiger partial charge in [0.2, 0.25) is 11.9 Å². The molecule has 39 heavy (non-hydrogen) atoms. The highest BCUT2D eigenvalue weighted by atomic mass is 35.5. The van der Waals surface area contributed by atoms with E-state index in [0.29, 0.717) is 33.8 Å². The van der Waals surface area contributed by atoms with Gasteiger partial charge in [0.15, 0.2) is 6.19 Å². The molecule has 0 aliphatic carbocycles. The Bertz CT molecular complexity index is 1320. The number of guanidine groups is 1. The minimum absolute atomic E-state index is 0.0191. The first-order valence-electron chi connectivity index (χ1n) is 12.7. The number of nitrogens with zero attached hydrogens (tertiary/aromatic N) is 4. The zero-order chi connectivity index (χ0) is 27.6. The molecule has 1 aliphatic heterocycles. The van der Waals surface area contributed by atoms with E-state index in [1.54, 1.807) is 42.5 Å². The number of aliphatic imine (C=N–C) groups is 1. The maximum atomic E-state index is 12.9. The number of nitrogens with one attached hydrogen (secondary N) is 1. The summed E-state index contributed by atoms with van der Waals surface area (Å²) in [6.07, 6.45) is 4.58. The van der Waals surface area contributed by atoms with E-state index in [4.69, 9.17) is 33.7 Å². The topological polar surface area (TPSA) is 107 Å². The van der Waals surface area contributed by atoms with Gasteiger partial charge >= 0.3 is 0 Å². The Morgan fingerprint density at radius 2 is 1.74 bits per heavy atom. The van der Waals surface area contributed by atoms with Crippen LogP contribution in [0.15, 0.2) is 77.8 Å². The van der Waals surface area contributed by atoms with Gasteiger partial charge in [-0.1, -0.05) is 53.5 Å². The van der Waals surface area contributed by atoms with Crippen LogP contribution in [0.4, 0.5) is 5.69 Å². The van der Waals surface area contributed by atoms with Crippen molar-refractivity contribution < 1.29 is 9.53 Å². The molecule has 1 fully saturated rings. The fraction of sp³-hybridized carbons (Fsp3) is 0.276. The first kappa shape index (κ1) is 28.2. The summed E-state index contributed by atoms with van der Waals surface area (Å²) in [4.78, 5) is 20.9. The van der Waals surface area contributed by atoms with Gasteiger partial charge < -0.3 is 20.7 Å². The van der Waals surface area contributed by atoms with Crippen molar-refractivity contribution in [3.63, 3.8) is 0 Å². The average molecular weight is 566 g/mol. The van der Waals surface area contributed by atoms with Gasteiger partial charge in [0.25, 0.3) is 0 Å². The van der Waals surface area contributed by atoms with Crippen molar-refractivity contribution >= 4 is 40.8 Å². The quantitative estimate of drug-likeness (QED) is 0.138. The molecule has 0 spiro atoms. The lowest BCUT2D eigenvalue weighted by Crippen LogP contribution is -2.40. The Kier molecular flexibility index (Phi) is 10.0. The molecule has 8 nitrogen and oxygen atoms in total. The third-order valence-corrected chi connectivity index (χ3v) is 7.12. The molecule has 1 unspecified atom stereocenters. The number of rotatable bonds is 10. The number of likely N-dealkylation sites (tertiary alicyclic amines) is 1. The molecule has 1 heterocycles. The summed E-state index contributed by atoms with van der Waals surface area (Å²) >= 11 is 12.0. The Balaban J connectivity index is 1.45. The summed E-state index contributed by atoms with van der Waals surface area (Å²) in [7, 11) is 0. The Morgan fingerprint density at radius 1 is 1.05 bits per heavy atom. The first-order valence-corrected chi connectivity index (χ1v) is 13.5. The van der Waals surface area contributed by atoms with Crippen molar-refractivity contribution in [1.82, 2.24) is 15.1 Å². The van der Waals surface area contributed by atoms with Crippen LogP contribution in [0.1, 0.15) is 30.9 Å². The number of nitriles is 1. The average Bonchev–Trinajstić information content (AvgIpc) is 3.46. The van der Waals surface area contributed by atoms with E-state index >= 15 is 0 Å². The van der Waals surface area contributed by atoms with Gasteiger partial charge in [-0.2, -0.15) is 5.26 Å². The van der Waals surface area contributed by atoms with Crippen molar-refractivity contribution in [2.45, 2.75) is 25.3 Å². The molecule has 1 amide bonds. The van der Waals surface area contributed by atoms with Gasteiger partial charge in [-0.3, -0.25) is 4.79 Å². The maximum Gasteiger partial charge on any atom is 0.222 e. The van der Waals surface area contributed by atoms with Gasteiger partial charge in [-0.05, 0) is 67.9 Å². The predicted octanol–water partition coefficient (Wildman–Crippen LogP) is 5.86. The molecule has 1 atom stereocenters. The SMILES string of the molecule is N#CN(C(N)=Nc1ccc(Oc2ccc(Cl)c(Cl)c2)cc1)C(CC(=O)NCCN1CCCC1)c1ccccc1. The molecule has 1 saturated heterocycles. The first-order chi connectivity index (χ1) is 18.9. The second kappa shape index (κ2) is 13.9. The lowest BCUT2D eigenvalue weighted by atomic mass is 10.0. The maximum absolute atomic E-state index is 12.9. The zero-order valence-corrected chi connectivity index (χ0v) is 22.9. The number of halogens is 2. The minimum atomic E-state index is -0.607. The van der Waals surface area contributed by atoms with E-state index in [1.807, 2.05) is 30.3 Å². The van der Waals surface area contributed by atoms with Crippen LogP contribution >= 0.6 is 23.2 Å². The summed E-state index contributed by atoms with van der Waals surface area (Å²) in [5, 5.41) is 13.8. The highest BCUT2D eigenvalue weighted by Gasteiger charge is 2.25. The number of carbonyl (C=O) groups excluding carboxylic acids is 1. The lowest BCUT2D eigenvalue weighted by molar-refractivity contribution is -0.121. The standard InChI is InChI=1S/C29H30Cl2N6O2/c30-25-13-12-24(18-26(25)31)39-23-10-8-22(9-11-23)35-29(33)37(20-32)27(21-6-2-1-3-7-21)19-28(38)34-14-17-36-15-4-5-16-36/h1-3,6-13,18,27H,4-5,14-17,19H2,(H2,33,35)(H,34,38). The van der Waals surface area contributed by atoms with Crippen LogP contribution < -0.4 is 15.8 Å². The molecule has 3 aromatic rings. The van der Waals surface area contributed by atoms with Crippen molar-refractivity contribution in [1.29, 1.82) is 5.26 Å². The van der Waals surface area contributed by atoms with Gasteiger partial charge in [0, 0.05) is 19.2 Å². The van der Waals surface area contributed by atoms with Gasteiger partial charge in [-0.15, -0.1) is 0 Å². The van der Waals surface area contributed by atoms with Gasteiger partial charge in [0.1, 0.15) is 11.5 Å². The number of hydrogen-bond acceptors (Lipinski definition) is 5. The highest BCUT2D eigenvalue weighted by molar-refractivity contribution is 6.42. The van der Waals surface area contributed by atoms with Crippen molar-refractivity contribution in [3.05, 3.63) is 88.4 Å². The molecule has 0 aromatic heterocycles. The number of carbonyl (C=O) groups is 1. The fourth-order valence-corrected chi connectivity index (χ4v) is 4.66. The second-order valence-electron chi connectivity index (χ2n) is 9.14. The van der Waals surface area contributed by atoms with Crippen LogP contribution in [-0.2, 0) is 4.79 Å². The molecule has 202 valence electrons. The number of hydrogen-bond donors (Lipinski definition) is 2. The highest BCUT2D eigenvalue weighted by Crippen LogP contribution is 2.30. The predicted molar refractivity (Wildman–Crippen MR) is 154 cm³/mol. The Hall–Kier alpha value is -3.77. The number of nitrogens with two attached hydrogens (primary N) is 1. The van der Waals surface area contributed by atoms with E-state index in [0.717, 1.165) is 25.2 Å². The molecule has 3 aromatic carbocycles. The number of benzene rings is 3. The molecule has 3 N–H and O–H groups in total. The molecular formula is C29H30Cl2N6O2. The molecule has 10 heteroatoms. The van der Waals surface area contributed by atoms with Crippen molar-refractivity contribution in [2.75, 3.05) is 26.2 Å². The number of amides is 1. The van der Waals surface area contributed by atoms with Crippen LogP contribution in [-0.4, -0.2) is 47.8 Å². The Morgan fingerprint density at radius 3 is 2.41 bits per heavy atom. The van der Waals surface area contributed by atoms with Crippen molar-refractivity contribution in [3.8, 4) is 17.7 Å². The van der Waals surface area contributed by atoms with E-state index in [2.05, 4.69) is 21.4 Å². The largest absolute Gasteiger partial charge is 0.457 e. The van der Waals surface area contributed by atoms with Crippen LogP contribution in [0.25, 0.3) is 0 Å².